The number of ketones is 1. The van der Waals surface area contributed by atoms with Gasteiger partial charge < -0.3 is 4.90 Å². The second-order valence-corrected chi connectivity index (χ2v) is 5.86. The van der Waals surface area contributed by atoms with Gasteiger partial charge in [0.15, 0.2) is 5.78 Å². The van der Waals surface area contributed by atoms with Crippen LogP contribution in [0.2, 0.25) is 0 Å². The molecule has 1 fully saturated rings. The molecule has 0 aromatic heterocycles. The third kappa shape index (κ3) is 3.79. The molecule has 0 bridgehead atoms. The predicted molar refractivity (Wildman–Crippen MR) is 90.5 cm³/mol. The monoisotopic (exact) mass is 323 g/mol. The maximum absolute atomic E-state index is 13.0. The molecule has 0 saturated carbocycles. The first-order valence-corrected chi connectivity index (χ1v) is 7.92. The Morgan fingerprint density at radius 2 is 1.79 bits per heavy atom. The second kappa shape index (κ2) is 7.24. The third-order valence-electron chi connectivity index (χ3n) is 4.24. The van der Waals surface area contributed by atoms with Crippen molar-refractivity contribution in [3.8, 4) is 6.07 Å². The number of hydrogen-bond acceptors (Lipinski definition) is 4. The van der Waals surface area contributed by atoms with Crippen molar-refractivity contribution in [1.82, 2.24) is 4.90 Å². The van der Waals surface area contributed by atoms with E-state index in [-0.39, 0.29) is 11.6 Å². The van der Waals surface area contributed by atoms with Crippen molar-refractivity contribution in [1.29, 1.82) is 5.26 Å². The van der Waals surface area contributed by atoms with Gasteiger partial charge in [-0.3, -0.25) is 9.69 Å². The molecule has 0 aliphatic carbocycles. The number of halogens is 1. The summed E-state index contributed by atoms with van der Waals surface area (Å²) >= 11 is 0. The van der Waals surface area contributed by atoms with Crippen LogP contribution in [0.15, 0.2) is 48.5 Å². The Morgan fingerprint density at radius 3 is 2.46 bits per heavy atom. The van der Waals surface area contributed by atoms with Crippen LogP contribution in [0.5, 0.6) is 0 Å². The highest BCUT2D eigenvalue weighted by atomic mass is 19.1. The van der Waals surface area contributed by atoms with Gasteiger partial charge in [-0.05, 0) is 36.4 Å². The first-order valence-electron chi connectivity index (χ1n) is 7.92. The lowest BCUT2D eigenvalue weighted by Gasteiger charge is -2.35. The molecule has 0 radical (unpaired) electrons. The molecule has 1 aliphatic heterocycles. The predicted octanol–water partition coefficient (Wildman–Crippen LogP) is 2.70. The number of piperazine rings is 1. The van der Waals surface area contributed by atoms with Crippen molar-refractivity contribution in [2.24, 2.45) is 0 Å². The minimum atomic E-state index is -0.234. The summed E-state index contributed by atoms with van der Waals surface area (Å²) in [6.45, 7) is 3.52. The molecule has 0 atom stereocenters. The van der Waals surface area contributed by atoms with E-state index in [4.69, 9.17) is 5.26 Å². The fourth-order valence-electron chi connectivity index (χ4n) is 2.87. The van der Waals surface area contributed by atoms with Crippen molar-refractivity contribution in [3.05, 3.63) is 65.5 Å². The summed E-state index contributed by atoms with van der Waals surface area (Å²) in [5.41, 5.74) is 2.08. The Bertz CT molecular complexity index is 759. The Morgan fingerprint density at radius 1 is 1.08 bits per heavy atom. The average molecular weight is 323 g/mol. The molecular weight excluding hydrogens is 305 g/mol. The van der Waals surface area contributed by atoms with Crippen LogP contribution in [0.25, 0.3) is 0 Å². The molecule has 5 heteroatoms. The van der Waals surface area contributed by atoms with E-state index in [1.54, 1.807) is 36.4 Å². The van der Waals surface area contributed by atoms with Crippen molar-refractivity contribution in [3.63, 3.8) is 0 Å². The van der Waals surface area contributed by atoms with Gasteiger partial charge in [0.05, 0.1) is 18.2 Å². The van der Waals surface area contributed by atoms with E-state index < -0.39 is 0 Å². The summed E-state index contributed by atoms with van der Waals surface area (Å²) < 4.78 is 13.0. The van der Waals surface area contributed by atoms with Crippen molar-refractivity contribution in [2.75, 3.05) is 37.6 Å². The molecule has 3 rings (SSSR count). The normalized spacial score (nSPS) is 15.1. The molecule has 0 spiro atoms. The minimum absolute atomic E-state index is 0.0299. The Labute approximate surface area is 140 Å². The summed E-state index contributed by atoms with van der Waals surface area (Å²) in [5.74, 6) is -0.204. The van der Waals surface area contributed by atoms with Gasteiger partial charge in [0.2, 0.25) is 0 Å². The van der Waals surface area contributed by atoms with Gasteiger partial charge in [0, 0.05) is 37.4 Å². The zero-order valence-electron chi connectivity index (χ0n) is 13.3. The van der Waals surface area contributed by atoms with E-state index in [1.165, 1.54) is 12.1 Å². The smallest absolute Gasteiger partial charge is 0.176 e. The second-order valence-electron chi connectivity index (χ2n) is 5.86. The number of carbonyl (C=O) groups is 1. The maximum atomic E-state index is 13.0. The molecule has 2 aromatic carbocycles. The van der Waals surface area contributed by atoms with Crippen LogP contribution < -0.4 is 4.90 Å². The van der Waals surface area contributed by atoms with Crippen LogP contribution in [0, 0.1) is 17.1 Å². The zero-order valence-corrected chi connectivity index (χ0v) is 13.3. The van der Waals surface area contributed by atoms with Gasteiger partial charge in [-0.15, -0.1) is 0 Å². The van der Waals surface area contributed by atoms with Crippen molar-refractivity contribution < 1.29 is 9.18 Å². The van der Waals surface area contributed by atoms with Crippen molar-refractivity contribution >= 4 is 11.5 Å². The molecular formula is C19H18FN3O. The van der Waals surface area contributed by atoms with Gasteiger partial charge in [0.1, 0.15) is 5.82 Å². The lowest BCUT2D eigenvalue weighted by Crippen LogP contribution is -2.48. The fraction of sp³-hybridized carbons (Fsp3) is 0.263. The summed E-state index contributed by atoms with van der Waals surface area (Å²) in [6, 6.07) is 15.4. The number of carbonyl (C=O) groups excluding carboxylic acids is 1. The summed E-state index contributed by atoms with van der Waals surface area (Å²) in [5, 5.41) is 8.92. The molecule has 0 unspecified atom stereocenters. The average Bonchev–Trinajstić information content (AvgIpc) is 2.63. The van der Waals surface area contributed by atoms with Crippen LogP contribution in [-0.4, -0.2) is 43.4 Å². The van der Waals surface area contributed by atoms with Crippen LogP contribution in [0.4, 0.5) is 10.1 Å². The van der Waals surface area contributed by atoms with E-state index in [0.717, 1.165) is 31.9 Å². The lowest BCUT2D eigenvalue weighted by atomic mass is 10.1. The number of anilines is 1. The van der Waals surface area contributed by atoms with E-state index in [9.17, 15) is 9.18 Å². The first kappa shape index (κ1) is 16.2. The summed E-state index contributed by atoms with van der Waals surface area (Å²) in [6.07, 6.45) is 0. The molecule has 1 heterocycles. The van der Waals surface area contributed by atoms with Crippen molar-refractivity contribution in [2.45, 2.75) is 0 Å². The SMILES string of the molecule is N#Cc1cccc(C(=O)CN2CCN(c3ccc(F)cc3)CC2)c1. The number of nitrogens with zero attached hydrogens (tertiary/aromatic N) is 3. The first-order chi connectivity index (χ1) is 11.7. The van der Waals surface area contributed by atoms with Gasteiger partial charge in [-0.2, -0.15) is 5.26 Å². The largest absolute Gasteiger partial charge is 0.369 e. The standard InChI is InChI=1S/C19H18FN3O/c20-17-4-6-18(7-5-17)23-10-8-22(9-11-23)14-19(24)16-3-1-2-15(12-16)13-21/h1-7,12H,8-11,14H2. The van der Waals surface area contributed by atoms with E-state index in [2.05, 4.69) is 15.9 Å². The van der Waals surface area contributed by atoms with E-state index in [1.807, 2.05) is 0 Å². The van der Waals surface area contributed by atoms with Gasteiger partial charge in [-0.25, -0.2) is 4.39 Å². The number of rotatable bonds is 4. The number of Topliss-reactive ketones (excluding diaryl/α,β-unsaturated/α-hetero) is 1. The topological polar surface area (TPSA) is 47.3 Å². The molecule has 2 aromatic rings. The highest BCUT2D eigenvalue weighted by Crippen LogP contribution is 2.17. The van der Waals surface area contributed by atoms with Gasteiger partial charge in [0.25, 0.3) is 0 Å². The van der Waals surface area contributed by atoms with Crippen LogP contribution in [0.3, 0.4) is 0 Å². The quantitative estimate of drug-likeness (QED) is 0.812. The summed E-state index contributed by atoms with van der Waals surface area (Å²) in [4.78, 5) is 16.7. The number of benzene rings is 2. The number of hydrogen-bond donors (Lipinski definition) is 0. The molecule has 24 heavy (non-hydrogen) atoms. The Kier molecular flexibility index (Phi) is 4.88. The van der Waals surface area contributed by atoms with Crippen LogP contribution in [0.1, 0.15) is 15.9 Å². The van der Waals surface area contributed by atoms with Crippen LogP contribution >= 0.6 is 0 Å². The fourth-order valence-corrected chi connectivity index (χ4v) is 2.87. The highest BCUT2D eigenvalue weighted by Gasteiger charge is 2.20. The summed E-state index contributed by atoms with van der Waals surface area (Å²) in [7, 11) is 0. The molecule has 1 saturated heterocycles. The lowest BCUT2D eigenvalue weighted by molar-refractivity contribution is 0.0926. The van der Waals surface area contributed by atoms with Gasteiger partial charge in [-0.1, -0.05) is 12.1 Å². The Balaban J connectivity index is 1.56. The van der Waals surface area contributed by atoms with Crippen LogP contribution in [-0.2, 0) is 0 Å². The molecule has 0 N–H and O–H groups in total. The molecule has 1 aliphatic rings. The maximum Gasteiger partial charge on any atom is 0.176 e. The highest BCUT2D eigenvalue weighted by molar-refractivity contribution is 5.97. The molecule has 4 nitrogen and oxygen atoms in total. The number of nitriles is 1. The Hall–Kier alpha value is -2.71. The van der Waals surface area contributed by atoms with Gasteiger partial charge >= 0.3 is 0 Å². The van der Waals surface area contributed by atoms with E-state index in [0.29, 0.717) is 17.7 Å². The molecule has 0 amide bonds. The van der Waals surface area contributed by atoms with E-state index >= 15 is 0 Å². The molecule has 122 valence electrons. The minimum Gasteiger partial charge on any atom is -0.369 e. The third-order valence-corrected chi connectivity index (χ3v) is 4.24. The zero-order chi connectivity index (χ0) is 16.9.